The number of halogens is 13. The summed E-state index contributed by atoms with van der Waals surface area (Å²) in [6.45, 7) is 0. The van der Waals surface area contributed by atoms with Crippen LogP contribution in [-0.2, 0) is 14.5 Å². The van der Waals surface area contributed by atoms with Crippen molar-refractivity contribution in [2.24, 2.45) is 0 Å². The summed E-state index contributed by atoms with van der Waals surface area (Å²) >= 11 is 0. The van der Waals surface area contributed by atoms with Crippen molar-refractivity contribution in [3.05, 3.63) is 0 Å². The van der Waals surface area contributed by atoms with Crippen molar-refractivity contribution in [1.82, 2.24) is 0 Å². The third kappa shape index (κ3) is 1.67. The van der Waals surface area contributed by atoms with E-state index in [1.807, 2.05) is 0 Å². The molecule has 144 valence electrons. The van der Waals surface area contributed by atoms with Gasteiger partial charge in [0, 0.05) is 0 Å². The summed E-state index contributed by atoms with van der Waals surface area (Å²) < 4.78 is 184. The fraction of sp³-hybridized carbons (Fsp3) is 1.00. The van der Waals surface area contributed by atoms with Crippen LogP contribution in [-0.4, -0.2) is 49.2 Å². The lowest BCUT2D eigenvalue weighted by Crippen LogP contribution is -2.88. The molecule has 0 spiro atoms. The van der Waals surface area contributed by atoms with E-state index in [0.29, 0.717) is 0 Å². The zero-order chi connectivity index (χ0) is 19.8. The van der Waals surface area contributed by atoms with E-state index in [0.717, 1.165) is 0 Å². The summed E-state index contributed by atoms with van der Waals surface area (Å²) in [7, 11) is -8.00. The Bertz CT molecular complexity index is 593. The van der Waals surface area contributed by atoms with Crippen molar-refractivity contribution in [3.8, 4) is 0 Å². The van der Waals surface area contributed by atoms with Crippen molar-refractivity contribution >= 4 is 10.1 Å². The van der Waals surface area contributed by atoms with Crippen LogP contribution >= 0.6 is 0 Å². The van der Waals surface area contributed by atoms with Crippen molar-refractivity contribution < 1.29 is 70.0 Å². The lowest BCUT2D eigenvalue weighted by atomic mass is 9.74. The summed E-state index contributed by atoms with van der Waals surface area (Å²) in [6, 6.07) is 0. The summed E-state index contributed by atoms with van der Waals surface area (Å²) in [5.41, 5.74) is 0. The minimum Gasteiger partial charge on any atom is -0.208 e. The first-order chi connectivity index (χ1) is 10.3. The smallest absolute Gasteiger partial charge is 0.208 e. The lowest BCUT2D eigenvalue weighted by Gasteiger charge is -2.53. The molecule has 1 aliphatic carbocycles. The van der Waals surface area contributed by atoms with E-state index in [4.69, 9.17) is 0 Å². The second-order valence-corrected chi connectivity index (χ2v) is 6.10. The fourth-order valence-corrected chi connectivity index (χ4v) is 3.20. The van der Waals surface area contributed by atoms with Gasteiger partial charge < -0.3 is 0 Å². The summed E-state index contributed by atoms with van der Waals surface area (Å²) in [5.74, 6) is -38.8. The second kappa shape index (κ2) is 4.79. The zero-order valence-corrected chi connectivity index (χ0v) is 10.9. The number of alkyl halides is 12. The average Bonchev–Trinajstić information content (AvgIpc) is 2.35. The maximum atomic E-state index is 13.4. The highest BCUT2D eigenvalue weighted by molar-refractivity contribution is 7.88. The van der Waals surface area contributed by atoms with Crippen molar-refractivity contribution in [3.63, 3.8) is 0 Å². The SMILES string of the molecule is O=S(=O)(OF)C1(C(F)F)C(F)(F)C(F)(F)C(F)(F)C(F)(F)C1(F)F. The van der Waals surface area contributed by atoms with Gasteiger partial charge in [0.2, 0.25) is 0 Å². The van der Waals surface area contributed by atoms with E-state index in [1.165, 1.54) is 4.39 Å². The first kappa shape index (κ1) is 21.0. The monoisotopic (exact) mass is 412 g/mol. The molecule has 0 unspecified atom stereocenters. The van der Waals surface area contributed by atoms with Gasteiger partial charge in [-0.3, -0.25) is 0 Å². The standard InChI is InChI=1S/C7HF13O3S/c8-1(9)2(24(21,22)23-20)3(10,11)5(14,15)7(18,19)6(16,17)4(2,12)13/h1H. The minimum atomic E-state index is -8.00. The van der Waals surface area contributed by atoms with Gasteiger partial charge in [-0.1, -0.05) is 4.39 Å². The summed E-state index contributed by atoms with van der Waals surface area (Å²) in [6.07, 6.45) is -6.11. The van der Waals surface area contributed by atoms with Crippen LogP contribution in [0.2, 0.25) is 0 Å². The van der Waals surface area contributed by atoms with Crippen molar-refractivity contribution in [1.29, 1.82) is 0 Å². The van der Waals surface area contributed by atoms with Gasteiger partial charge in [-0.2, -0.15) is 52.3 Å². The molecule has 1 saturated carbocycles. The molecule has 0 radical (unpaired) electrons. The van der Waals surface area contributed by atoms with Crippen LogP contribution < -0.4 is 0 Å². The van der Waals surface area contributed by atoms with Crippen molar-refractivity contribution in [2.75, 3.05) is 0 Å². The highest BCUT2D eigenvalue weighted by Gasteiger charge is 3.05. The third-order valence-corrected chi connectivity index (χ3v) is 4.94. The van der Waals surface area contributed by atoms with Crippen LogP contribution in [0.25, 0.3) is 0 Å². The number of rotatable bonds is 3. The highest BCUT2D eigenvalue weighted by atomic mass is 32.2. The van der Waals surface area contributed by atoms with Crippen LogP contribution in [0.3, 0.4) is 0 Å². The van der Waals surface area contributed by atoms with Crippen LogP contribution in [0, 0.1) is 0 Å². The highest BCUT2D eigenvalue weighted by Crippen LogP contribution is 2.71. The molecular weight excluding hydrogens is 411 g/mol. The molecule has 0 atom stereocenters. The number of hydrogen-bond donors (Lipinski definition) is 0. The Morgan fingerprint density at radius 2 is 0.875 bits per heavy atom. The van der Waals surface area contributed by atoms with Gasteiger partial charge in [0.15, 0.2) is 0 Å². The van der Waals surface area contributed by atoms with Gasteiger partial charge in [0.1, 0.15) is 0 Å². The molecule has 17 heteroatoms. The predicted molar refractivity (Wildman–Crippen MR) is 44.6 cm³/mol. The molecule has 24 heavy (non-hydrogen) atoms. The van der Waals surface area contributed by atoms with E-state index in [-0.39, 0.29) is 0 Å². The lowest BCUT2D eigenvalue weighted by molar-refractivity contribution is -0.464. The topological polar surface area (TPSA) is 43.4 Å². The Morgan fingerprint density at radius 1 is 0.625 bits per heavy atom. The summed E-state index contributed by atoms with van der Waals surface area (Å²) in [5, 5.41) is 0. The minimum absolute atomic E-state index is 1.39. The molecule has 0 aromatic rings. The van der Waals surface area contributed by atoms with Crippen LogP contribution in [0.1, 0.15) is 0 Å². The van der Waals surface area contributed by atoms with Gasteiger partial charge in [-0.15, -0.1) is 0 Å². The van der Waals surface area contributed by atoms with E-state index in [1.54, 1.807) is 0 Å². The van der Waals surface area contributed by atoms with Crippen LogP contribution in [0.4, 0.5) is 57.2 Å². The maximum absolute atomic E-state index is 13.4. The van der Waals surface area contributed by atoms with E-state index >= 15 is 0 Å². The van der Waals surface area contributed by atoms with Gasteiger partial charge in [-0.25, -0.2) is 8.78 Å². The molecule has 0 aromatic heterocycles. The Morgan fingerprint density at radius 3 is 1.08 bits per heavy atom. The van der Waals surface area contributed by atoms with E-state index in [9.17, 15) is 65.6 Å². The molecule has 1 fully saturated rings. The van der Waals surface area contributed by atoms with Crippen LogP contribution in [0.5, 0.6) is 0 Å². The normalized spacial score (nSPS) is 29.4. The summed E-state index contributed by atoms with van der Waals surface area (Å²) in [4.78, 5) is 0. The molecule has 0 N–H and O–H groups in total. The second-order valence-electron chi connectivity index (χ2n) is 4.43. The molecule has 3 nitrogen and oxygen atoms in total. The largest absolute Gasteiger partial charge is 0.384 e. The molecule has 0 bridgehead atoms. The molecule has 0 aromatic carbocycles. The Hall–Kier alpha value is -1.00. The Balaban J connectivity index is 4.23. The van der Waals surface area contributed by atoms with Gasteiger partial charge in [-0.05, 0) is 4.53 Å². The molecule has 0 amide bonds. The zero-order valence-electron chi connectivity index (χ0n) is 10.1. The number of hydrogen-bond acceptors (Lipinski definition) is 3. The first-order valence-corrected chi connectivity index (χ1v) is 6.38. The Labute approximate surface area is 122 Å². The van der Waals surface area contributed by atoms with Gasteiger partial charge in [0.25, 0.3) is 11.2 Å². The molecule has 1 rings (SSSR count). The Kier molecular flexibility index (Phi) is 4.20. The quantitative estimate of drug-likeness (QED) is 0.668. The van der Waals surface area contributed by atoms with Crippen molar-refractivity contribution in [2.45, 2.75) is 40.8 Å². The fourth-order valence-electron chi connectivity index (χ4n) is 2.00. The molecule has 1 aliphatic rings. The predicted octanol–water partition coefficient (Wildman–Crippen LogP) is 3.41. The third-order valence-electron chi connectivity index (χ3n) is 3.29. The average molecular weight is 412 g/mol. The molecule has 0 aliphatic heterocycles. The molecule has 0 heterocycles. The molecular formula is C7HF13O3S. The molecule has 0 saturated heterocycles. The van der Waals surface area contributed by atoms with Gasteiger partial charge >= 0.3 is 39.7 Å². The maximum Gasteiger partial charge on any atom is 0.384 e. The van der Waals surface area contributed by atoms with Crippen LogP contribution in [0.15, 0.2) is 0 Å². The van der Waals surface area contributed by atoms with E-state index in [2.05, 4.69) is 0 Å². The first-order valence-electron chi connectivity index (χ1n) is 4.97. The van der Waals surface area contributed by atoms with Gasteiger partial charge in [0.05, 0.1) is 0 Å². The van der Waals surface area contributed by atoms with E-state index < -0.39 is 50.9 Å².